The van der Waals surface area contributed by atoms with Gasteiger partial charge >= 0.3 is 0 Å². The first-order valence-corrected chi connectivity index (χ1v) is 7.52. The van der Waals surface area contributed by atoms with Gasteiger partial charge in [-0.2, -0.15) is 5.10 Å². The van der Waals surface area contributed by atoms with Crippen molar-refractivity contribution in [1.82, 2.24) is 15.1 Å². The van der Waals surface area contributed by atoms with Crippen molar-refractivity contribution < 1.29 is 4.79 Å². The second-order valence-electron chi connectivity index (χ2n) is 6.39. The summed E-state index contributed by atoms with van der Waals surface area (Å²) in [7, 11) is 0. The van der Waals surface area contributed by atoms with Crippen molar-refractivity contribution in [1.29, 1.82) is 0 Å². The van der Waals surface area contributed by atoms with Crippen LogP contribution in [0.15, 0.2) is 18.2 Å². The van der Waals surface area contributed by atoms with E-state index in [2.05, 4.69) is 31.0 Å². The summed E-state index contributed by atoms with van der Waals surface area (Å²) >= 11 is 0. The fourth-order valence-corrected chi connectivity index (χ4v) is 3.31. The van der Waals surface area contributed by atoms with Gasteiger partial charge in [0.25, 0.3) is 5.91 Å². The first-order chi connectivity index (χ1) is 9.97. The standard InChI is InChI=1S/C16H22N4O/c1-9-6-10(2)11(3)20(8-9)16(21)15-13-7-12(17)4-5-14(13)18-19-15/h4-5,7,9-11H,6,8,17H2,1-3H3,(H,18,19). The number of aromatic amines is 1. The highest BCUT2D eigenvalue weighted by molar-refractivity contribution is 6.05. The average molecular weight is 286 g/mol. The topological polar surface area (TPSA) is 75.0 Å². The van der Waals surface area contributed by atoms with Gasteiger partial charge in [0.15, 0.2) is 5.69 Å². The van der Waals surface area contributed by atoms with E-state index in [0.717, 1.165) is 17.4 Å². The predicted octanol–water partition coefficient (Wildman–Crippen LogP) is 2.65. The summed E-state index contributed by atoms with van der Waals surface area (Å²) < 4.78 is 0. The van der Waals surface area contributed by atoms with Crippen molar-refractivity contribution in [2.24, 2.45) is 11.8 Å². The number of carbonyl (C=O) groups is 1. The van der Waals surface area contributed by atoms with Gasteiger partial charge in [0.2, 0.25) is 0 Å². The molecule has 1 amide bonds. The van der Waals surface area contributed by atoms with Gasteiger partial charge in [-0.05, 0) is 43.4 Å². The zero-order valence-corrected chi connectivity index (χ0v) is 12.8. The number of aromatic nitrogens is 2. The van der Waals surface area contributed by atoms with Crippen molar-refractivity contribution in [2.45, 2.75) is 33.2 Å². The Kier molecular flexibility index (Phi) is 3.35. The lowest BCUT2D eigenvalue weighted by atomic mass is 9.86. The molecular formula is C16H22N4O. The van der Waals surface area contributed by atoms with Crippen LogP contribution in [0.3, 0.4) is 0 Å². The summed E-state index contributed by atoms with van der Waals surface area (Å²) in [6, 6.07) is 5.72. The van der Waals surface area contributed by atoms with Crippen LogP contribution in [0.1, 0.15) is 37.7 Å². The number of piperidine rings is 1. The molecule has 5 heteroatoms. The van der Waals surface area contributed by atoms with E-state index >= 15 is 0 Å². The molecule has 3 atom stereocenters. The van der Waals surface area contributed by atoms with Crippen LogP contribution in [-0.2, 0) is 0 Å². The molecule has 0 aliphatic carbocycles. The van der Waals surface area contributed by atoms with E-state index in [1.54, 1.807) is 0 Å². The number of nitrogens with two attached hydrogens (primary N) is 1. The van der Waals surface area contributed by atoms with Crippen molar-refractivity contribution in [3.63, 3.8) is 0 Å². The lowest BCUT2D eigenvalue weighted by Crippen LogP contribution is -2.49. The molecule has 5 nitrogen and oxygen atoms in total. The second-order valence-corrected chi connectivity index (χ2v) is 6.39. The van der Waals surface area contributed by atoms with Crippen LogP contribution in [0.25, 0.3) is 10.9 Å². The van der Waals surface area contributed by atoms with Gasteiger partial charge in [0.1, 0.15) is 0 Å². The van der Waals surface area contributed by atoms with E-state index in [9.17, 15) is 4.79 Å². The van der Waals surface area contributed by atoms with Gasteiger partial charge in [-0.3, -0.25) is 9.89 Å². The molecular weight excluding hydrogens is 264 g/mol. The van der Waals surface area contributed by atoms with E-state index in [0.29, 0.717) is 23.2 Å². The Hall–Kier alpha value is -2.04. The molecule has 1 aliphatic heterocycles. The Morgan fingerprint density at radius 2 is 2.14 bits per heavy atom. The van der Waals surface area contributed by atoms with Gasteiger partial charge in [-0.25, -0.2) is 0 Å². The van der Waals surface area contributed by atoms with Crippen LogP contribution in [0.2, 0.25) is 0 Å². The summed E-state index contributed by atoms with van der Waals surface area (Å²) in [4.78, 5) is 14.8. The van der Waals surface area contributed by atoms with Crippen molar-refractivity contribution in [3.05, 3.63) is 23.9 Å². The molecule has 1 aromatic carbocycles. The number of H-pyrrole nitrogens is 1. The molecule has 3 rings (SSSR count). The van der Waals surface area contributed by atoms with Crippen molar-refractivity contribution in [2.75, 3.05) is 12.3 Å². The lowest BCUT2D eigenvalue weighted by molar-refractivity contribution is 0.0452. The molecule has 1 fully saturated rings. The number of carbonyl (C=O) groups excluding carboxylic acids is 1. The number of anilines is 1. The van der Waals surface area contributed by atoms with E-state index in [4.69, 9.17) is 5.73 Å². The molecule has 1 aliphatic rings. The van der Waals surface area contributed by atoms with E-state index in [-0.39, 0.29) is 11.9 Å². The molecule has 3 N–H and O–H groups in total. The largest absolute Gasteiger partial charge is 0.399 e. The fraction of sp³-hybridized carbons (Fsp3) is 0.500. The molecule has 0 bridgehead atoms. The highest BCUT2D eigenvalue weighted by Gasteiger charge is 2.33. The minimum absolute atomic E-state index is 0.00208. The van der Waals surface area contributed by atoms with Gasteiger partial charge in [0.05, 0.1) is 5.52 Å². The fourth-order valence-electron chi connectivity index (χ4n) is 3.31. The van der Waals surface area contributed by atoms with Gasteiger partial charge in [-0.1, -0.05) is 13.8 Å². The number of nitrogens with zero attached hydrogens (tertiary/aromatic N) is 2. The van der Waals surface area contributed by atoms with Crippen LogP contribution >= 0.6 is 0 Å². The molecule has 21 heavy (non-hydrogen) atoms. The molecule has 1 saturated heterocycles. The number of hydrogen-bond donors (Lipinski definition) is 2. The van der Waals surface area contributed by atoms with Crippen molar-refractivity contribution in [3.8, 4) is 0 Å². The zero-order chi connectivity index (χ0) is 15.1. The number of rotatable bonds is 1. The Morgan fingerprint density at radius 3 is 2.90 bits per heavy atom. The molecule has 3 unspecified atom stereocenters. The highest BCUT2D eigenvalue weighted by Crippen LogP contribution is 2.29. The van der Waals surface area contributed by atoms with Crippen LogP contribution in [-0.4, -0.2) is 33.6 Å². The normalized spacial score (nSPS) is 26.2. The van der Waals surface area contributed by atoms with E-state index in [1.165, 1.54) is 6.42 Å². The molecule has 1 aromatic heterocycles. The first-order valence-electron chi connectivity index (χ1n) is 7.52. The monoisotopic (exact) mass is 286 g/mol. The summed E-state index contributed by atoms with van der Waals surface area (Å²) in [6.45, 7) is 7.32. The molecule has 2 aromatic rings. The lowest BCUT2D eigenvalue weighted by Gasteiger charge is -2.40. The van der Waals surface area contributed by atoms with Crippen LogP contribution in [0, 0.1) is 11.8 Å². The van der Waals surface area contributed by atoms with E-state index < -0.39 is 0 Å². The number of nitrogen functional groups attached to an aromatic ring is 1. The van der Waals surface area contributed by atoms with Crippen LogP contribution in [0.4, 0.5) is 5.69 Å². The number of hydrogen-bond acceptors (Lipinski definition) is 3. The Labute approximate surface area is 124 Å². The highest BCUT2D eigenvalue weighted by atomic mass is 16.2. The number of likely N-dealkylation sites (tertiary alicyclic amines) is 1. The van der Waals surface area contributed by atoms with Crippen molar-refractivity contribution >= 4 is 22.5 Å². The second kappa shape index (κ2) is 5.06. The Bertz CT molecular complexity index is 678. The van der Waals surface area contributed by atoms with Gasteiger partial charge in [0, 0.05) is 23.7 Å². The third kappa shape index (κ3) is 2.37. The maximum Gasteiger partial charge on any atom is 0.275 e. The molecule has 2 heterocycles. The maximum atomic E-state index is 12.9. The first kappa shape index (κ1) is 13.9. The average Bonchev–Trinajstić information content (AvgIpc) is 2.85. The third-order valence-electron chi connectivity index (χ3n) is 4.65. The minimum atomic E-state index is -0.00208. The molecule has 0 radical (unpaired) electrons. The summed E-state index contributed by atoms with van der Waals surface area (Å²) in [5.74, 6) is 1.03. The zero-order valence-electron chi connectivity index (χ0n) is 12.8. The number of nitrogens with one attached hydrogen (secondary N) is 1. The minimum Gasteiger partial charge on any atom is -0.399 e. The smallest absolute Gasteiger partial charge is 0.275 e. The Balaban J connectivity index is 1.98. The predicted molar refractivity (Wildman–Crippen MR) is 83.9 cm³/mol. The van der Waals surface area contributed by atoms with Gasteiger partial charge < -0.3 is 10.6 Å². The molecule has 0 saturated carbocycles. The summed E-state index contributed by atoms with van der Waals surface area (Å²) in [5, 5.41) is 7.95. The van der Waals surface area contributed by atoms with Crippen LogP contribution < -0.4 is 5.73 Å². The quantitative estimate of drug-likeness (QED) is 0.791. The molecule has 112 valence electrons. The summed E-state index contributed by atoms with van der Waals surface area (Å²) in [5.41, 5.74) is 7.80. The maximum absolute atomic E-state index is 12.9. The number of benzene rings is 1. The van der Waals surface area contributed by atoms with Gasteiger partial charge in [-0.15, -0.1) is 0 Å². The third-order valence-corrected chi connectivity index (χ3v) is 4.65. The summed E-state index contributed by atoms with van der Waals surface area (Å²) in [6.07, 6.45) is 1.17. The molecule has 0 spiro atoms. The SMILES string of the molecule is CC1CC(C)C(C)N(C(=O)c2n[nH]c3ccc(N)cc23)C1. The Morgan fingerprint density at radius 1 is 1.38 bits per heavy atom. The number of fused-ring (bicyclic) bond motifs is 1. The van der Waals surface area contributed by atoms with E-state index in [1.807, 2.05) is 23.1 Å². The van der Waals surface area contributed by atoms with Crippen LogP contribution in [0.5, 0.6) is 0 Å². The number of amides is 1.